The van der Waals surface area contributed by atoms with Crippen LogP contribution in [0.1, 0.15) is 19.8 Å². The third-order valence-electron chi connectivity index (χ3n) is 8.13. The first-order valence-corrected chi connectivity index (χ1v) is 19.4. The number of anilines is 2. The first kappa shape index (κ1) is 33.9. The van der Waals surface area contributed by atoms with Crippen molar-refractivity contribution in [3.63, 3.8) is 0 Å². The largest absolute Gasteiger partial charge is 0.480 e. The van der Waals surface area contributed by atoms with Gasteiger partial charge < -0.3 is 5.11 Å². The maximum Gasteiger partial charge on any atom is 0.324 e. The van der Waals surface area contributed by atoms with Crippen LogP contribution in [0.5, 0.6) is 0 Å². The minimum atomic E-state index is -4.43. The van der Waals surface area contributed by atoms with Gasteiger partial charge in [-0.2, -0.15) is 0 Å². The number of carboxylic acid groups (broad SMARTS) is 1. The lowest BCUT2D eigenvalue weighted by molar-refractivity contribution is -0.135. The number of sulfonamides is 2. The van der Waals surface area contributed by atoms with Gasteiger partial charge in [0, 0.05) is 30.2 Å². The molecule has 0 aliphatic heterocycles. The Morgan fingerprint density at radius 3 is 1.46 bits per heavy atom. The van der Waals surface area contributed by atoms with Gasteiger partial charge in [-0.3, -0.25) is 13.4 Å². The Hall–Kier alpha value is -3.97. The summed E-state index contributed by atoms with van der Waals surface area (Å²) in [4.78, 5) is 12.3. The normalized spacial score (nSPS) is 13.0. The molecule has 0 unspecified atom stereocenters. The number of rotatable bonds is 10. The van der Waals surface area contributed by atoms with Crippen LogP contribution in [0.3, 0.4) is 0 Å². The van der Waals surface area contributed by atoms with Gasteiger partial charge in [-0.1, -0.05) is 105 Å². The summed E-state index contributed by atoms with van der Waals surface area (Å²) < 4.78 is 61.7. The quantitative estimate of drug-likeness (QED) is 0.153. The number of fused-ring (bicyclic) bond motifs is 3. The average molecular weight is 811 g/mol. The van der Waals surface area contributed by atoms with E-state index in [1.807, 2.05) is 24.3 Å². The SMILES string of the molecule is C=C(C)CN(c1ccc(N(CC(=O)O)S(=O)(=O)c2ccc(Br)c3ccccc23)c2c1=CCCC=2)S(=O)(=O)c1ccc(Br)c2ccccc12. The van der Waals surface area contributed by atoms with Gasteiger partial charge in [0.05, 0.1) is 27.7 Å². The van der Waals surface area contributed by atoms with E-state index in [-0.39, 0.29) is 22.0 Å². The van der Waals surface area contributed by atoms with Crippen molar-refractivity contribution in [3.8, 4) is 0 Å². The predicted octanol–water partition coefficient (Wildman–Crippen LogP) is 6.92. The van der Waals surface area contributed by atoms with Crippen molar-refractivity contribution in [2.45, 2.75) is 29.6 Å². The van der Waals surface area contributed by atoms with E-state index in [9.17, 15) is 26.7 Å². The number of aliphatic carboxylic acids is 1. The highest BCUT2D eigenvalue weighted by atomic mass is 79.9. The number of hydrogen-bond acceptors (Lipinski definition) is 5. The van der Waals surface area contributed by atoms with E-state index in [0.29, 0.717) is 55.2 Å². The van der Waals surface area contributed by atoms with E-state index in [1.165, 1.54) is 16.4 Å². The maximum atomic E-state index is 14.6. The van der Waals surface area contributed by atoms with Crippen molar-refractivity contribution in [1.82, 2.24) is 0 Å². The van der Waals surface area contributed by atoms with Crippen LogP contribution in [-0.4, -0.2) is 41.0 Å². The Kier molecular flexibility index (Phi) is 9.29. The van der Waals surface area contributed by atoms with Crippen LogP contribution in [0.25, 0.3) is 33.7 Å². The van der Waals surface area contributed by atoms with Crippen molar-refractivity contribution >= 4 is 103 Å². The molecule has 0 atom stereocenters. The second kappa shape index (κ2) is 13.1. The molecule has 6 rings (SSSR count). The minimum absolute atomic E-state index is 0.0334. The molecule has 8 nitrogen and oxygen atoms in total. The number of nitrogens with zero attached hydrogens (tertiary/aromatic N) is 2. The van der Waals surface area contributed by atoms with E-state index in [4.69, 9.17) is 0 Å². The molecule has 0 saturated heterocycles. The zero-order valence-electron chi connectivity index (χ0n) is 25.7. The Morgan fingerprint density at radius 1 is 0.667 bits per heavy atom. The Morgan fingerprint density at radius 2 is 1.06 bits per heavy atom. The monoisotopic (exact) mass is 808 g/mol. The molecule has 0 bridgehead atoms. The molecule has 5 aromatic carbocycles. The molecular formula is C36H30Br2N2O6S2. The number of carbonyl (C=O) groups is 1. The van der Waals surface area contributed by atoms with Crippen LogP contribution in [0.4, 0.5) is 11.4 Å². The standard InChI is InChI=1S/C36H30Br2N2O6S2/c1-23(2)21-39(47(43,44)34-19-15-30(37)24-9-3-7-13-28(24)34)32-17-18-33(27-12-6-5-11-26(27)32)40(22-36(41)42)48(45,46)35-20-16-31(38)25-10-4-8-14-29(25)35/h3-4,7-20H,1,5-6,21-22H2,2H3,(H,41,42). The number of carboxylic acids is 1. The predicted molar refractivity (Wildman–Crippen MR) is 199 cm³/mol. The summed E-state index contributed by atoms with van der Waals surface area (Å²) >= 11 is 7.01. The van der Waals surface area contributed by atoms with Crippen LogP contribution in [0, 0.1) is 0 Å². The van der Waals surface area contributed by atoms with E-state index in [0.717, 1.165) is 14.2 Å². The highest BCUT2D eigenvalue weighted by Gasteiger charge is 2.33. The summed E-state index contributed by atoms with van der Waals surface area (Å²) in [6.07, 6.45) is 4.83. The molecule has 0 spiro atoms. The molecule has 1 aliphatic rings. The number of hydrogen-bond donors (Lipinski definition) is 1. The summed E-state index contributed by atoms with van der Waals surface area (Å²) in [7, 11) is -8.62. The highest BCUT2D eigenvalue weighted by Crippen LogP contribution is 2.35. The van der Waals surface area contributed by atoms with Crippen LogP contribution in [0.2, 0.25) is 0 Å². The molecule has 5 aromatic rings. The summed E-state index contributed by atoms with van der Waals surface area (Å²) in [5.41, 5.74) is 1.07. The van der Waals surface area contributed by atoms with Crippen molar-refractivity contribution in [3.05, 3.63) is 116 Å². The first-order chi connectivity index (χ1) is 22.8. The summed E-state index contributed by atoms with van der Waals surface area (Å²) in [6.45, 7) is 4.87. The smallest absolute Gasteiger partial charge is 0.324 e. The topological polar surface area (TPSA) is 112 Å². The van der Waals surface area contributed by atoms with Crippen molar-refractivity contribution in [2.75, 3.05) is 21.7 Å². The number of halogens is 2. The molecule has 246 valence electrons. The minimum Gasteiger partial charge on any atom is -0.480 e. The lowest BCUT2D eigenvalue weighted by Gasteiger charge is -2.29. The van der Waals surface area contributed by atoms with Crippen LogP contribution in [-0.2, 0) is 24.8 Å². The molecule has 0 heterocycles. The summed E-state index contributed by atoms with van der Waals surface area (Å²) in [5.74, 6) is -1.34. The number of benzene rings is 5. The summed E-state index contributed by atoms with van der Waals surface area (Å²) in [5, 5.41) is 13.3. The van der Waals surface area contributed by atoms with E-state index in [2.05, 4.69) is 38.4 Å². The highest BCUT2D eigenvalue weighted by molar-refractivity contribution is 9.11. The lowest BCUT2D eigenvalue weighted by atomic mass is 10.0. The van der Waals surface area contributed by atoms with Crippen LogP contribution in [0.15, 0.2) is 116 Å². The molecule has 0 saturated carbocycles. The molecule has 12 heteroatoms. The zero-order chi connectivity index (χ0) is 34.4. The third kappa shape index (κ3) is 6.06. The molecule has 0 amide bonds. The average Bonchev–Trinajstić information content (AvgIpc) is 3.06. The molecule has 1 aliphatic carbocycles. The van der Waals surface area contributed by atoms with Gasteiger partial charge in [-0.25, -0.2) is 16.8 Å². The van der Waals surface area contributed by atoms with Gasteiger partial charge in [0.1, 0.15) is 6.54 Å². The van der Waals surface area contributed by atoms with Crippen molar-refractivity contribution < 1.29 is 26.7 Å². The second-order valence-corrected chi connectivity index (χ2v) is 16.8. The lowest BCUT2D eigenvalue weighted by Crippen LogP contribution is -2.45. The molecular weight excluding hydrogens is 780 g/mol. The van der Waals surface area contributed by atoms with Gasteiger partial charge in [-0.15, -0.1) is 0 Å². The second-order valence-electron chi connectivity index (χ2n) is 11.5. The van der Waals surface area contributed by atoms with Crippen molar-refractivity contribution in [1.29, 1.82) is 0 Å². The fourth-order valence-electron chi connectivity index (χ4n) is 6.06. The summed E-state index contributed by atoms with van der Waals surface area (Å²) in [6, 6.07) is 23.6. The van der Waals surface area contributed by atoms with E-state index >= 15 is 0 Å². The van der Waals surface area contributed by atoms with E-state index < -0.39 is 32.6 Å². The molecule has 0 aromatic heterocycles. The van der Waals surface area contributed by atoms with E-state index in [1.54, 1.807) is 67.6 Å². The molecule has 0 radical (unpaired) electrons. The Bertz CT molecular complexity index is 2330. The molecule has 0 fully saturated rings. The van der Waals surface area contributed by atoms with Gasteiger partial charge >= 0.3 is 5.97 Å². The third-order valence-corrected chi connectivity index (χ3v) is 13.2. The molecule has 1 N–H and O–H groups in total. The van der Waals surface area contributed by atoms with Gasteiger partial charge in [-0.05, 0) is 66.9 Å². The van der Waals surface area contributed by atoms with Gasteiger partial charge in [0.2, 0.25) is 0 Å². The molecule has 48 heavy (non-hydrogen) atoms. The fraction of sp³-hybridized carbons (Fsp3) is 0.139. The Balaban J connectivity index is 1.58. The van der Waals surface area contributed by atoms with Crippen LogP contribution < -0.4 is 19.0 Å². The van der Waals surface area contributed by atoms with Gasteiger partial charge in [0.25, 0.3) is 20.0 Å². The Labute approximate surface area is 295 Å². The van der Waals surface area contributed by atoms with Crippen molar-refractivity contribution in [2.24, 2.45) is 0 Å². The fourth-order valence-corrected chi connectivity index (χ4v) is 10.4. The zero-order valence-corrected chi connectivity index (χ0v) is 30.5. The first-order valence-electron chi connectivity index (χ1n) is 14.9. The maximum absolute atomic E-state index is 14.6. The van der Waals surface area contributed by atoms with Gasteiger partial charge in [0.15, 0.2) is 0 Å². The van der Waals surface area contributed by atoms with Crippen LogP contribution >= 0.6 is 31.9 Å².